The van der Waals surface area contributed by atoms with Crippen LogP contribution >= 0.6 is 0 Å². The Hall–Kier alpha value is -4.20. The predicted molar refractivity (Wildman–Crippen MR) is 133 cm³/mol. The minimum absolute atomic E-state index is 0.103. The van der Waals surface area contributed by atoms with Crippen molar-refractivity contribution in [3.05, 3.63) is 83.4 Å². The minimum atomic E-state index is -0.687. The molecule has 3 aromatic rings. The van der Waals surface area contributed by atoms with E-state index in [0.717, 1.165) is 11.1 Å². The number of carbonyl (C=O) groups excluding carboxylic acids is 2. The molecule has 0 spiro atoms. The number of hydrogen-bond donors (Lipinski definition) is 0. The number of amides is 1. The molecule has 4 rings (SSSR count). The van der Waals surface area contributed by atoms with E-state index in [1.165, 1.54) is 7.11 Å². The summed E-state index contributed by atoms with van der Waals surface area (Å²) in [4.78, 5) is 26.9. The van der Waals surface area contributed by atoms with Gasteiger partial charge in [0.1, 0.15) is 17.5 Å². The summed E-state index contributed by atoms with van der Waals surface area (Å²) in [6.45, 7) is 0.486. The summed E-state index contributed by atoms with van der Waals surface area (Å²) in [5, 5.41) is 0. The highest BCUT2D eigenvalue weighted by atomic mass is 16.5. The van der Waals surface area contributed by atoms with Gasteiger partial charge in [0.15, 0.2) is 11.5 Å². The molecule has 1 aliphatic heterocycles. The van der Waals surface area contributed by atoms with Gasteiger partial charge in [-0.15, -0.1) is 0 Å². The van der Waals surface area contributed by atoms with Gasteiger partial charge in [0.2, 0.25) is 6.10 Å². The Labute approximate surface area is 210 Å². The molecule has 3 aromatic carbocycles. The van der Waals surface area contributed by atoms with Crippen LogP contribution in [0.4, 0.5) is 0 Å². The van der Waals surface area contributed by atoms with Crippen molar-refractivity contribution in [3.63, 3.8) is 0 Å². The molecular formula is C28H29NO7. The zero-order valence-corrected chi connectivity index (χ0v) is 20.7. The number of methoxy groups -OCH3 is 4. The van der Waals surface area contributed by atoms with Crippen LogP contribution in [0.15, 0.2) is 66.7 Å². The number of esters is 1. The molecule has 0 radical (unpaired) electrons. The van der Waals surface area contributed by atoms with E-state index < -0.39 is 12.1 Å². The quantitative estimate of drug-likeness (QED) is 0.312. The van der Waals surface area contributed by atoms with Crippen LogP contribution in [-0.4, -0.2) is 57.9 Å². The number of benzene rings is 3. The van der Waals surface area contributed by atoms with E-state index in [4.69, 9.17) is 23.7 Å². The van der Waals surface area contributed by atoms with Crippen LogP contribution in [-0.2, 0) is 16.0 Å². The van der Waals surface area contributed by atoms with Crippen molar-refractivity contribution in [1.29, 1.82) is 0 Å². The lowest BCUT2D eigenvalue weighted by Gasteiger charge is -2.47. The Morgan fingerprint density at radius 3 is 2.08 bits per heavy atom. The van der Waals surface area contributed by atoms with Crippen LogP contribution in [0, 0.1) is 0 Å². The smallest absolute Gasteiger partial charge is 0.337 e. The first kappa shape index (κ1) is 24.9. The number of rotatable bonds is 10. The van der Waals surface area contributed by atoms with Gasteiger partial charge in [-0.05, 0) is 66.1 Å². The molecule has 0 bridgehead atoms. The zero-order chi connectivity index (χ0) is 25.7. The monoisotopic (exact) mass is 491 g/mol. The molecule has 0 unspecified atom stereocenters. The molecular weight excluding hydrogens is 462 g/mol. The molecule has 2 atom stereocenters. The number of ether oxygens (including phenoxy) is 5. The van der Waals surface area contributed by atoms with Crippen molar-refractivity contribution in [2.45, 2.75) is 18.6 Å². The molecule has 1 fully saturated rings. The summed E-state index contributed by atoms with van der Waals surface area (Å²) in [6.07, 6.45) is -0.0641. The molecule has 0 aromatic heterocycles. The fraction of sp³-hybridized carbons (Fsp3) is 0.286. The highest BCUT2D eigenvalue weighted by molar-refractivity contribution is 5.91. The van der Waals surface area contributed by atoms with Gasteiger partial charge in [0.25, 0.3) is 5.91 Å². The molecule has 8 heteroatoms. The predicted octanol–water partition coefficient (Wildman–Crippen LogP) is 4.07. The standard InChI is InChI=1S/C28H29NO7/c1-32-21-10-12-22(13-11-21)36-26-25(19-6-8-20(9-7-19)28(31)35-4)29(27(26)30)16-15-18-5-14-23(33-2)24(17-18)34-3/h5-14,17,25-26H,15-16H2,1-4H3/t25-,26-/m0/s1. The van der Waals surface area contributed by atoms with Crippen LogP contribution in [0.25, 0.3) is 0 Å². The maximum atomic E-state index is 13.2. The van der Waals surface area contributed by atoms with E-state index in [1.54, 1.807) is 62.6 Å². The van der Waals surface area contributed by atoms with Gasteiger partial charge in [0.05, 0.1) is 34.0 Å². The average Bonchev–Trinajstić information content (AvgIpc) is 2.93. The number of hydrogen-bond acceptors (Lipinski definition) is 7. The van der Waals surface area contributed by atoms with Gasteiger partial charge in [-0.3, -0.25) is 4.79 Å². The first-order valence-electron chi connectivity index (χ1n) is 11.5. The highest BCUT2D eigenvalue weighted by Crippen LogP contribution is 2.38. The molecule has 0 aliphatic carbocycles. The molecule has 1 saturated heterocycles. The molecule has 1 aliphatic rings. The molecule has 0 saturated carbocycles. The Balaban J connectivity index is 1.55. The van der Waals surface area contributed by atoms with Crippen LogP contribution < -0.4 is 18.9 Å². The van der Waals surface area contributed by atoms with Gasteiger partial charge in [-0.25, -0.2) is 4.79 Å². The van der Waals surface area contributed by atoms with Gasteiger partial charge in [0, 0.05) is 6.54 Å². The normalized spacial score (nSPS) is 16.7. The van der Waals surface area contributed by atoms with Crippen molar-refractivity contribution in [3.8, 4) is 23.0 Å². The van der Waals surface area contributed by atoms with Gasteiger partial charge in [-0.2, -0.15) is 0 Å². The minimum Gasteiger partial charge on any atom is -0.497 e. The summed E-state index contributed by atoms with van der Waals surface area (Å²) in [6, 6.07) is 19.6. The second-order valence-corrected chi connectivity index (χ2v) is 8.24. The third kappa shape index (κ3) is 5.07. The Morgan fingerprint density at radius 1 is 0.806 bits per heavy atom. The SMILES string of the molecule is COC(=O)c1ccc([C@H]2[C@H](Oc3ccc(OC)cc3)C(=O)N2CCc2ccc(OC)c(OC)c2)cc1. The number of likely N-dealkylation sites (tertiary alicyclic amines) is 1. The Morgan fingerprint density at radius 2 is 1.47 bits per heavy atom. The first-order chi connectivity index (χ1) is 17.5. The Bertz CT molecular complexity index is 1210. The Kier molecular flexibility index (Phi) is 7.63. The highest BCUT2D eigenvalue weighted by Gasteiger charge is 2.49. The molecule has 1 amide bonds. The number of nitrogens with zero attached hydrogens (tertiary/aromatic N) is 1. The molecule has 36 heavy (non-hydrogen) atoms. The van der Waals surface area contributed by atoms with Gasteiger partial charge in [-0.1, -0.05) is 18.2 Å². The average molecular weight is 492 g/mol. The zero-order valence-electron chi connectivity index (χ0n) is 20.7. The molecule has 1 heterocycles. The molecule has 8 nitrogen and oxygen atoms in total. The summed E-state index contributed by atoms with van der Waals surface area (Å²) < 4.78 is 26.8. The second-order valence-electron chi connectivity index (χ2n) is 8.24. The van der Waals surface area contributed by atoms with E-state index >= 15 is 0 Å². The van der Waals surface area contributed by atoms with Crippen LogP contribution in [0.1, 0.15) is 27.5 Å². The summed E-state index contributed by atoms with van der Waals surface area (Å²) >= 11 is 0. The van der Waals surface area contributed by atoms with Gasteiger partial charge >= 0.3 is 5.97 Å². The lowest BCUT2D eigenvalue weighted by molar-refractivity contribution is -0.164. The van der Waals surface area contributed by atoms with Crippen molar-refractivity contribution >= 4 is 11.9 Å². The van der Waals surface area contributed by atoms with E-state index in [9.17, 15) is 9.59 Å². The molecule has 188 valence electrons. The summed E-state index contributed by atoms with van der Waals surface area (Å²) in [5.41, 5.74) is 2.32. The third-order valence-corrected chi connectivity index (χ3v) is 6.23. The molecule has 0 N–H and O–H groups in total. The van der Waals surface area contributed by atoms with E-state index in [1.807, 2.05) is 30.3 Å². The first-order valence-corrected chi connectivity index (χ1v) is 11.5. The fourth-order valence-electron chi connectivity index (χ4n) is 4.26. The summed E-state index contributed by atoms with van der Waals surface area (Å²) in [5.74, 6) is 2.05. The van der Waals surface area contributed by atoms with Crippen molar-refractivity contribution < 1.29 is 33.3 Å². The van der Waals surface area contributed by atoms with Crippen molar-refractivity contribution in [1.82, 2.24) is 4.90 Å². The lowest BCUT2D eigenvalue weighted by Crippen LogP contribution is -2.61. The van der Waals surface area contributed by atoms with E-state index in [-0.39, 0.29) is 11.9 Å². The fourth-order valence-corrected chi connectivity index (χ4v) is 4.26. The second kappa shape index (κ2) is 11.0. The van der Waals surface area contributed by atoms with E-state index in [2.05, 4.69) is 0 Å². The van der Waals surface area contributed by atoms with Crippen LogP contribution in [0.5, 0.6) is 23.0 Å². The van der Waals surface area contributed by atoms with Gasteiger partial charge < -0.3 is 28.6 Å². The van der Waals surface area contributed by atoms with E-state index in [0.29, 0.717) is 41.5 Å². The summed E-state index contributed by atoms with van der Waals surface area (Å²) in [7, 11) is 6.12. The number of β-lactam (4-membered cyclic amide) rings is 1. The van der Waals surface area contributed by atoms with Crippen LogP contribution in [0.2, 0.25) is 0 Å². The number of carbonyl (C=O) groups is 2. The topological polar surface area (TPSA) is 83.5 Å². The largest absolute Gasteiger partial charge is 0.497 e. The van der Waals surface area contributed by atoms with Crippen LogP contribution in [0.3, 0.4) is 0 Å². The maximum Gasteiger partial charge on any atom is 0.337 e. The van der Waals surface area contributed by atoms with Crippen molar-refractivity contribution in [2.75, 3.05) is 35.0 Å². The van der Waals surface area contributed by atoms with Crippen molar-refractivity contribution in [2.24, 2.45) is 0 Å². The third-order valence-electron chi connectivity index (χ3n) is 6.23. The lowest BCUT2D eigenvalue weighted by atomic mass is 9.89. The maximum absolute atomic E-state index is 13.2.